The minimum Gasteiger partial charge on any atom is -0.459 e. The van der Waals surface area contributed by atoms with Gasteiger partial charge in [0.1, 0.15) is 19.0 Å². The van der Waals surface area contributed by atoms with Gasteiger partial charge in [-0.2, -0.15) is 0 Å². The second kappa shape index (κ2) is 7.00. The summed E-state index contributed by atoms with van der Waals surface area (Å²) in [6.45, 7) is 5.71. The van der Waals surface area contributed by atoms with Crippen LogP contribution in [0.15, 0.2) is 12.2 Å². The molecule has 0 aromatic carbocycles. The van der Waals surface area contributed by atoms with Crippen molar-refractivity contribution in [3.8, 4) is 0 Å². The summed E-state index contributed by atoms with van der Waals surface area (Å²) in [5, 5.41) is 16.1. The third kappa shape index (κ3) is 5.17. The van der Waals surface area contributed by atoms with E-state index >= 15 is 0 Å². The number of aliphatic hydroxyl groups is 1. The maximum Gasteiger partial charge on any atom is 0.332 e. The summed E-state index contributed by atoms with van der Waals surface area (Å²) in [7, 11) is 1.78. The van der Waals surface area contributed by atoms with E-state index in [0.717, 1.165) is 13.0 Å². The predicted molar refractivity (Wildman–Crippen MR) is 57.8 cm³/mol. The first-order chi connectivity index (χ1) is 7.02. The van der Waals surface area contributed by atoms with Gasteiger partial charge in [-0.05, 0) is 6.42 Å². The number of nitrogens with zero attached hydrogens (tertiary/aromatic N) is 1. The average molecular weight is 214 g/mol. The molecule has 0 aliphatic heterocycles. The first kappa shape index (κ1) is 13.6. The normalized spacial score (nSPS) is 9.53. The molecule has 86 valence electrons. The number of amidine groups is 1. The molecule has 0 fully saturated rings. The topological polar surface area (TPSA) is 73.6 Å². The lowest BCUT2D eigenvalue weighted by atomic mass is 10.2. The lowest BCUT2D eigenvalue weighted by molar-refractivity contribution is -0.145. The molecule has 0 spiro atoms. The molecular weight excluding hydrogens is 196 g/mol. The van der Waals surface area contributed by atoms with Gasteiger partial charge >= 0.3 is 5.97 Å². The molecule has 0 atom stereocenters. The van der Waals surface area contributed by atoms with E-state index in [9.17, 15) is 4.79 Å². The summed E-state index contributed by atoms with van der Waals surface area (Å²) in [5.41, 5.74) is 0.424. The Morgan fingerprint density at radius 3 is 2.67 bits per heavy atom. The first-order valence-corrected chi connectivity index (χ1v) is 4.77. The molecule has 0 rings (SSSR count). The maximum absolute atomic E-state index is 10.6. The van der Waals surface area contributed by atoms with Gasteiger partial charge in [0.05, 0.1) is 0 Å². The summed E-state index contributed by atoms with van der Waals surface area (Å²) < 4.78 is 4.65. The largest absolute Gasteiger partial charge is 0.459 e. The number of carbonyl (C=O) groups is 1. The van der Waals surface area contributed by atoms with Crippen molar-refractivity contribution >= 4 is 11.8 Å². The van der Waals surface area contributed by atoms with Crippen molar-refractivity contribution in [3.63, 3.8) is 0 Å². The van der Waals surface area contributed by atoms with E-state index in [2.05, 4.69) is 11.3 Å². The molecule has 0 aliphatic carbocycles. The van der Waals surface area contributed by atoms with Crippen molar-refractivity contribution in [1.82, 2.24) is 4.90 Å². The van der Waals surface area contributed by atoms with Crippen LogP contribution in [0.2, 0.25) is 0 Å². The zero-order chi connectivity index (χ0) is 11.8. The van der Waals surface area contributed by atoms with Crippen molar-refractivity contribution in [3.05, 3.63) is 12.2 Å². The number of aliphatic hydroxyl groups excluding tert-OH is 1. The minimum absolute atomic E-state index is 0.0493. The Balaban J connectivity index is 3.99. The van der Waals surface area contributed by atoms with Crippen molar-refractivity contribution in [2.24, 2.45) is 0 Å². The van der Waals surface area contributed by atoms with Crippen LogP contribution >= 0.6 is 0 Å². The molecule has 5 heteroatoms. The van der Waals surface area contributed by atoms with E-state index in [1.165, 1.54) is 0 Å². The van der Waals surface area contributed by atoms with Crippen LogP contribution in [-0.2, 0) is 9.53 Å². The molecule has 0 aromatic rings. The first-order valence-electron chi connectivity index (χ1n) is 4.77. The summed E-state index contributed by atoms with van der Waals surface area (Å²) in [4.78, 5) is 12.4. The van der Waals surface area contributed by atoms with Gasteiger partial charge in [0, 0.05) is 19.2 Å². The van der Waals surface area contributed by atoms with Crippen LogP contribution in [0.5, 0.6) is 0 Å². The highest BCUT2D eigenvalue weighted by Crippen LogP contribution is 2.00. The molecule has 0 saturated carbocycles. The van der Waals surface area contributed by atoms with Crippen molar-refractivity contribution in [1.29, 1.82) is 5.41 Å². The average Bonchev–Trinajstić information content (AvgIpc) is 2.24. The second-order valence-electron chi connectivity index (χ2n) is 3.19. The molecule has 5 nitrogen and oxygen atoms in total. The predicted octanol–water partition coefficient (Wildman–Crippen LogP) is 0.397. The van der Waals surface area contributed by atoms with E-state index in [0.29, 0.717) is 5.57 Å². The highest BCUT2D eigenvalue weighted by Gasteiger charge is 2.09. The summed E-state index contributed by atoms with van der Waals surface area (Å²) >= 11 is 0. The maximum atomic E-state index is 10.6. The molecule has 0 radical (unpaired) electrons. The van der Waals surface area contributed by atoms with E-state index in [4.69, 9.17) is 10.5 Å². The molecule has 0 aliphatic rings. The van der Waals surface area contributed by atoms with Crippen LogP contribution in [-0.4, -0.2) is 48.6 Å². The van der Waals surface area contributed by atoms with Gasteiger partial charge in [-0.25, -0.2) is 4.79 Å². The molecule has 0 amide bonds. The monoisotopic (exact) mass is 214 g/mol. The van der Waals surface area contributed by atoms with Gasteiger partial charge in [0.25, 0.3) is 0 Å². The van der Waals surface area contributed by atoms with Gasteiger partial charge in [-0.3, -0.25) is 5.41 Å². The molecule has 0 bridgehead atoms. The van der Waals surface area contributed by atoms with Crippen molar-refractivity contribution < 1.29 is 14.6 Å². The van der Waals surface area contributed by atoms with Crippen LogP contribution in [0, 0.1) is 5.41 Å². The van der Waals surface area contributed by atoms with Crippen LogP contribution in [0.4, 0.5) is 0 Å². The van der Waals surface area contributed by atoms with Crippen LogP contribution < -0.4 is 0 Å². The van der Waals surface area contributed by atoms with E-state index < -0.39 is 12.6 Å². The quantitative estimate of drug-likeness (QED) is 0.381. The third-order valence-corrected chi connectivity index (χ3v) is 1.81. The van der Waals surface area contributed by atoms with E-state index in [-0.39, 0.29) is 12.4 Å². The van der Waals surface area contributed by atoms with Crippen LogP contribution in [0.1, 0.15) is 13.3 Å². The standard InChI is InChI=1S/C10H18N2O3/c1-4-5-12(3)10(11)8(2)7-15-9(14)6-13/h11,13H,2,4-7H2,1,3H3. The molecule has 0 unspecified atom stereocenters. The zero-order valence-corrected chi connectivity index (χ0v) is 9.25. The summed E-state index contributed by atoms with van der Waals surface area (Å²) in [6, 6.07) is 0. The van der Waals surface area contributed by atoms with Gasteiger partial charge in [0.15, 0.2) is 0 Å². The molecule has 0 heterocycles. The number of ether oxygens (including phenoxy) is 1. The summed E-state index contributed by atoms with van der Waals surface area (Å²) in [6.07, 6.45) is 0.933. The lowest BCUT2D eigenvalue weighted by Gasteiger charge is -2.20. The number of hydrogen-bond donors (Lipinski definition) is 2. The van der Waals surface area contributed by atoms with Crippen LogP contribution in [0.3, 0.4) is 0 Å². The highest BCUT2D eigenvalue weighted by atomic mass is 16.5. The Kier molecular flexibility index (Phi) is 6.37. The molecule has 15 heavy (non-hydrogen) atoms. The highest BCUT2D eigenvalue weighted by molar-refractivity contribution is 5.95. The van der Waals surface area contributed by atoms with Gasteiger partial charge in [-0.15, -0.1) is 0 Å². The fourth-order valence-electron chi connectivity index (χ4n) is 0.999. The number of esters is 1. The summed E-state index contributed by atoms with van der Waals surface area (Å²) in [5.74, 6) is -0.454. The van der Waals surface area contributed by atoms with E-state index in [1.54, 1.807) is 11.9 Å². The molecule has 2 N–H and O–H groups in total. The Hall–Kier alpha value is -1.36. The molecule has 0 aromatic heterocycles. The van der Waals surface area contributed by atoms with Gasteiger partial charge in [0.2, 0.25) is 0 Å². The third-order valence-electron chi connectivity index (χ3n) is 1.81. The number of hydrogen-bond acceptors (Lipinski definition) is 4. The van der Waals surface area contributed by atoms with Gasteiger partial charge in [-0.1, -0.05) is 13.5 Å². The number of likely N-dealkylation sites (N-methyl/N-ethyl adjacent to an activating group) is 1. The second-order valence-corrected chi connectivity index (χ2v) is 3.19. The lowest BCUT2D eigenvalue weighted by Crippen LogP contribution is -2.29. The van der Waals surface area contributed by atoms with Gasteiger partial charge < -0.3 is 14.7 Å². The Labute approximate surface area is 89.8 Å². The fraction of sp³-hybridized carbons (Fsp3) is 0.600. The smallest absolute Gasteiger partial charge is 0.332 e. The number of nitrogens with one attached hydrogen (secondary N) is 1. The van der Waals surface area contributed by atoms with Crippen molar-refractivity contribution in [2.45, 2.75) is 13.3 Å². The Morgan fingerprint density at radius 1 is 1.60 bits per heavy atom. The van der Waals surface area contributed by atoms with E-state index in [1.807, 2.05) is 6.92 Å². The SMILES string of the molecule is C=C(COC(=O)CO)C(=N)N(C)CCC. The van der Waals surface area contributed by atoms with Crippen LogP contribution in [0.25, 0.3) is 0 Å². The van der Waals surface area contributed by atoms with Crippen molar-refractivity contribution in [2.75, 3.05) is 26.8 Å². The fourth-order valence-corrected chi connectivity index (χ4v) is 0.999. The molecule has 0 saturated heterocycles. The molecular formula is C10H18N2O3. The number of carbonyl (C=O) groups excluding carboxylic acids is 1. The Bertz CT molecular complexity index is 251. The Morgan fingerprint density at radius 2 is 2.20 bits per heavy atom. The zero-order valence-electron chi connectivity index (χ0n) is 9.25. The number of rotatable bonds is 6. The minimum atomic E-state index is -0.706.